The second-order valence-electron chi connectivity index (χ2n) is 2.67. The second kappa shape index (κ2) is 2.77. The lowest BCUT2D eigenvalue weighted by Crippen LogP contribution is -2.04. The van der Waals surface area contributed by atoms with E-state index in [1.807, 2.05) is 0 Å². The molecule has 0 aromatic heterocycles. The van der Waals surface area contributed by atoms with E-state index in [2.05, 4.69) is 19.6 Å². The lowest BCUT2D eigenvalue weighted by atomic mass is 10.1. The molecule has 1 saturated carbocycles. The summed E-state index contributed by atoms with van der Waals surface area (Å²) in [5.74, 6) is 0.929. The molecule has 0 N–H and O–H groups in total. The smallest absolute Gasteiger partial charge is 0.00449 e. The van der Waals surface area contributed by atoms with Gasteiger partial charge in [0.2, 0.25) is 0 Å². The molecule has 1 rings (SSSR count). The van der Waals surface area contributed by atoms with Crippen molar-refractivity contribution in [1.29, 1.82) is 0 Å². The van der Waals surface area contributed by atoms with Gasteiger partial charge in [-0.3, -0.25) is 0 Å². The van der Waals surface area contributed by atoms with Gasteiger partial charge in [-0.1, -0.05) is 19.8 Å². The molecule has 0 radical (unpaired) electrons. The van der Waals surface area contributed by atoms with Gasteiger partial charge in [0.15, 0.2) is 0 Å². The summed E-state index contributed by atoms with van der Waals surface area (Å²) in [5, 5.41) is 0.722. The van der Waals surface area contributed by atoms with E-state index in [1.165, 1.54) is 25.7 Å². The van der Waals surface area contributed by atoms with Crippen LogP contribution >= 0.6 is 12.6 Å². The van der Waals surface area contributed by atoms with E-state index in [0.29, 0.717) is 0 Å². The summed E-state index contributed by atoms with van der Waals surface area (Å²) in [6.45, 7) is 2.26. The summed E-state index contributed by atoms with van der Waals surface area (Å²) in [5.41, 5.74) is 0. The van der Waals surface area contributed by atoms with Gasteiger partial charge in [0, 0.05) is 5.25 Å². The third-order valence-corrected chi connectivity index (χ3v) is 2.82. The first-order chi connectivity index (χ1) is 3.84. The Morgan fingerprint density at radius 3 is 2.50 bits per heavy atom. The first-order valence-electron chi connectivity index (χ1n) is 3.52. The predicted molar refractivity (Wildman–Crippen MR) is 40.4 cm³/mol. The number of hydrogen-bond acceptors (Lipinski definition) is 1. The van der Waals surface area contributed by atoms with Crippen molar-refractivity contribution in [2.24, 2.45) is 5.92 Å². The molecule has 1 fully saturated rings. The van der Waals surface area contributed by atoms with Crippen LogP contribution in [0.3, 0.4) is 0 Å². The molecule has 1 aliphatic carbocycles. The van der Waals surface area contributed by atoms with Crippen molar-refractivity contribution in [3.8, 4) is 0 Å². The topological polar surface area (TPSA) is 0 Å². The maximum atomic E-state index is 4.47. The van der Waals surface area contributed by atoms with E-state index in [4.69, 9.17) is 0 Å². The van der Waals surface area contributed by atoms with Crippen molar-refractivity contribution in [2.45, 2.75) is 37.9 Å². The maximum absolute atomic E-state index is 4.47. The van der Waals surface area contributed by atoms with E-state index in [9.17, 15) is 0 Å². The van der Waals surface area contributed by atoms with Gasteiger partial charge in [-0.25, -0.2) is 0 Å². The van der Waals surface area contributed by atoms with Crippen LogP contribution in [0.15, 0.2) is 0 Å². The van der Waals surface area contributed by atoms with Gasteiger partial charge < -0.3 is 0 Å². The zero-order valence-corrected chi connectivity index (χ0v) is 6.32. The molecule has 8 heavy (non-hydrogen) atoms. The Labute approximate surface area is 57.1 Å². The molecule has 2 unspecified atom stereocenters. The molecule has 0 bridgehead atoms. The minimum Gasteiger partial charge on any atom is -0.176 e. The molecule has 0 aliphatic heterocycles. The summed E-state index contributed by atoms with van der Waals surface area (Å²) in [6.07, 6.45) is 5.51. The Bertz CT molecular complexity index is 70.8. The molecular weight excluding hydrogens is 116 g/mol. The normalized spacial score (nSPS) is 38.2. The van der Waals surface area contributed by atoms with Crippen LogP contribution in [-0.4, -0.2) is 5.25 Å². The summed E-state index contributed by atoms with van der Waals surface area (Å²) in [4.78, 5) is 0. The van der Waals surface area contributed by atoms with Crippen molar-refractivity contribution >= 4 is 12.6 Å². The number of rotatable bonds is 1. The van der Waals surface area contributed by atoms with Crippen molar-refractivity contribution in [1.82, 2.24) is 0 Å². The SMILES string of the molecule is CCC1CCCC1S. The number of hydrogen-bond donors (Lipinski definition) is 1. The van der Waals surface area contributed by atoms with E-state index < -0.39 is 0 Å². The molecule has 1 heteroatoms. The Morgan fingerprint density at radius 2 is 2.25 bits per heavy atom. The fraction of sp³-hybridized carbons (Fsp3) is 1.00. The average Bonchev–Trinajstić information content (AvgIpc) is 2.14. The van der Waals surface area contributed by atoms with E-state index in [-0.39, 0.29) is 0 Å². The fourth-order valence-electron chi connectivity index (χ4n) is 1.49. The van der Waals surface area contributed by atoms with E-state index >= 15 is 0 Å². The van der Waals surface area contributed by atoms with Crippen LogP contribution in [0.25, 0.3) is 0 Å². The lowest BCUT2D eigenvalue weighted by molar-refractivity contribution is 0.543. The summed E-state index contributed by atoms with van der Waals surface area (Å²) in [7, 11) is 0. The molecule has 0 nitrogen and oxygen atoms in total. The molecular formula is C7H14S. The van der Waals surface area contributed by atoms with Crippen LogP contribution in [0.5, 0.6) is 0 Å². The first-order valence-corrected chi connectivity index (χ1v) is 4.04. The third kappa shape index (κ3) is 1.19. The van der Waals surface area contributed by atoms with Gasteiger partial charge >= 0.3 is 0 Å². The highest BCUT2D eigenvalue weighted by atomic mass is 32.1. The van der Waals surface area contributed by atoms with Gasteiger partial charge in [0.05, 0.1) is 0 Å². The first kappa shape index (κ1) is 6.47. The monoisotopic (exact) mass is 130 g/mol. The number of thiol groups is 1. The lowest BCUT2D eigenvalue weighted by Gasteiger charge is -2.09. The largest absolute Gasteiger partial charge is 0.176 e. The molecule has 0 amide bonds. The minimum atomic E-state index is 0.722. The molecule has 0 spiro atoms. The standard InChI is InChI=1S/C7H14S/c1-2-6-4-3-5-7(6)8/h6-8H,2-5H2,1H3. The molecule has 1 aliphatic rings. The molecule has 0 aromatic carbocycles. The van der Waals surface area contributed by atoms with Gasteiger partial charge in [-0.05, 0) is 18.8 Å². The van der Waals surface area contributed by atoms with Gasteiger partial charge in [-0.2, -0.15) is 12.6 Å². The predicted octanol–water partition coefficient (Wildman–Crippen LogP) is 2.49. The van der Waals surface area contributed by atoms with Crippen LogP contribution in [0.1, 0.15) is 32.6 Å². The van der Waals surface area contributed by atoms with Crippen LogP contribution in [-0.2, 0) is 0 Å². The van der Waals surface area contributed by atoms with Gasteiger partial charge in [0.25, 0.3) is 0 Å². The van der Waals surface area contributed by atoms with Crippen molar-refractivity contribution in [3.63, 3.8) is 0 Å². The second-order valence-corrected chi connectivity index (χ2v) is 3.33. The Kier molecular flexibility index (Phi) is 2.24. The highest BCUT2D eigenvalue weighted by Crippen LogP contribution is 2.31. The Hall–Kier alpha value is 0.350. The van der Waals surface area contributed by atoms with Crippen LogP contribution in [0, 0.1) is 5.92 Å². The molecule has 0 aromatic rings. The zero-order valence-electron chi connectivity index (χ0n) is 5.43. The van der Waals surface area contributed by atoms with E-state index in [1.54, 1.807) is 0 Å². The summed E-state index contributed by atoms with van der Waals surface area (Å²) in [6, 6.07) is 0. The van der Waals surface area contributed by atoms with E-state index in [0.717, 1.165) is 11.2 Å². The zero-order chi connectivity index (χ0) is 5.98. The highest BCUT2D eigenvalue weighted by Gasteiger charge is 2.21. The molecule has 0 saturated heterocycles. The fourth-order valence-corrected chi connectivity index (χ4v) is 2.04. The quantitative estimate of drug-likeness (QED) is 0.518. The van der Waals surface area contributed by atoms with Gasteiger partial charge in [-0.15, -0.1) is 0 Å². The maximum Gasteiger partial charge on any atom is 0.00449 e. The highest BCUT2D eigenvalue weighted by molar-refractivity contribution is 7.81. The Morgan fingerprint density at radius 1 is 1.50 bits per heavy atom. The van der Waals surface area contributed by atoms with Gasteiger partial charge in [0.1, 0.15) is 0 Å². The third-order valence-electron chi connectivity index (χ3n) is 2.14. The molecule has 48 valence electrons. The summed E-state index contributed by atoms with van der Waals surface area (Å²) >= 11 is 4.47. The molecule has 0 heterocycles. The minimum absolute atomic E-state index is 0.722. The van der Waals surface area contributed by atoms with Crippen LogP contribution in [0.4, 0.5) is 0 Å². The molecule has 2 atom stereocenters. The average molecular weight is 130 g/mol. The Balaban J connectivity index is 2.30. The summed E-state index contributed by atoms with van der Waals surface area (Å²) < 4.78 is 0. The van der Waals surface area contributed by atoms with Crippen LogP contribution < -0.4 is 0 Å². The van der Waals surface area contributed by atoms with Crippen molar-refractivity contribution in [2.75, 3.05) is 0 Å². The van der Waals surface area contributed by atoms with Crippen molar-refractivity contribution in [3.05, 3.63) is 0 Å². The van der Waals surface area contributed by atoms with Crippen LogP contribution in [0.2, 0.25) is 0 Å². The van der Waals surface area contributed by atoms with Crippen molar-refractivity contribution < 1.29 is 0 Å².